The topological polar surface area (TPSA) is 219 Å². The number of amides is 3. The molecule has 18 nitrogen and oxygen atoms in total. The minimum Gasteiger partial charge on any atom is -0.462 e. The number of carbonyl (C=O) groups excluding carboxylic acids is 3. The van der Waals surface area contributed by atoms with Crippen LogP contribution >= 0.6 is 0 Å². The standard InChI is InChI=1S/C40H41F2N13O5/c1-3-44-39(59)47-28-15-13-27(14-16-28)36-34(55-37(57)31(38(58)60-4-2)23-53(40(55)48-36)22-30-32(41)11-8-12-33(30)42)24-52(20-26-9-6-5-7-10-26)25-35(56)45-19-29-21-54(51-49-29)18-17-46-50-43/h5-16,21,23H,3-4,17-20,22,24-25H2,1-2H3,(H,45,56)(H2,44,47,59). The maximum Gasteiger partial charge on any atom is 0.345 e. The zero-order valence-electron chi connectivity index (χ0n) is 32.7. The van der Waals surface area contributed by atoms with E-state index in [1.54, 1.807) is 49.2 Å². The van der Waals surface area contributed by atoms with E-state index in [-0.39, 0.29) is 62.1 Å². The van der Waals surface area contributed by atoms with Gasteiger partial charge in [0.25, 0.3) is 5.56 Å². The third kappa shape index (κ3) is 10.3. The number of benzene rings is 3. The summed E-state index contributed by atoms with van der Waals surface area (Å²) in [5, 5.41) is 19.8. The van der Waals surface area contributed by atoms with Crippen molar-refractivity contribution >= 4 is 29.4 Å². The van der Waals surface area contributed by atoms with Crippen molar-refractivity contribution in [2.45, 2.75) is 46.6 Å². The van der Waals surface area contributed by atoms with Gasteiger partial charge in [-0.2, -0.15) is 0 Å². The van der Waals surface area contributed by atoms with E-state index in [2.05, 4.69) is 36.3 Å². The molecule has 3 heterocycles. The molecule has 0 aliphatic carbocycles. The fourth-order valence-corrected chi connectivity index (χ4v) is 6.37. The van der Waals surface area contributed by atoms with Gasteiger partial charge >= 0.3 is 12.0 Å². The van der Waals surface area contributed by atoms with Gasteiger partial charge in [0.15, 0.2) is 0 Å². The molecule has 0 spiro atoms. The quantitative estimate of drug-likeness (QED) is 0.0458. The summed E-state index contributed by atoms with van der Waals surface area (Å²) in [6.45, 7) is 3.73. The normalized spacial score (nSPS) is 11.0. The molecule has 0 radical (unpaired) electrons. The van der Waals surface area contributed by atoms with Gasteiger partial charge < -0.3 is 25.3 Å². The summed E-state index contributed by atoms with van der Waals surface area (Å²) in [5.41, 5.74) is 9.78. The molecule has 3 N–H and O–H groups in total. The number of aromatic nitrogens is 6. The molecule has 0 atom stereocenters. The Morgan fingerprint density at radius 1 is 0.950 bits per heavy atom. The summed E-state index contributed by atoms with van der Waals surface area (Å²) in [6.07, 6.45) is 2.79. The first-order valence-electron chi connectivity index (χ1n) is 18.9. The Kier molecular flexibility index (Phi) is 13.9. The lowest BCUT2D eigenvalue weighted by atomic mass is 10.1. The van der Waals surface area contributed by atoms with E-state index in [1.807, 2.05) is 30.3 Å². The zero-order valence-corrected chi connectivity index (χ0v) is 32.7. The van der Waals surface area contributed by atoms with Crippen molar-refractivity contribution < 1.29 is 27.9 Å². The van der Waals surface area contributed by atoms with Crippen molar-refractivity contribution in [3.05, 3.63) is 146 Å². The number of urea groups is 1. The lowest BCUT2D eigenvalue weighted by Crippen LogP contribution is -2.37. The van der Waals surface area contributed by atoms with Crippen molar-refractivity contribution in [2.75, 3.05) is 31.6 Å². The maximum absolute atomic E-state index is 15.1. The first-order valence-corrected chi connectivity index (χ1v) is 18.9. The molecule has 0 aliphatic rings. The molecule has 3 aromatic carbocycles. The Morgan fingerprint density at radius 3 is 2.40 bits per heavy atom. The molecule has 0 bridgehead atoms. The maximum atomic E-state index is 15.1. The number of hydrogen-bond donors (Lipinski definition) is 3. The zero-order chi connectivity index (χ0) is 42.6. The van der Waals surface area contributed by atoms with Gasteiger partial charge in [0.2, 0.25) is 11.7 Å². The molecular formula is C40H41F2N13O5. The number of azide groups is 1. The Labute approximate surface area is 341 Å². The van der Waals surface area contributed by atoms with Gasteiger partial charge in [-0.05, 0) is 49.2 Å². The van der Waals surface area contributed by atoms with Crippen LogP contribution in [0.4, 0.5) is 19.3 Å². The minimum absolute atomic E-state index is 0.0390. The lowest BCUT2D eigenvalue weighted by Gasteiger charge is -2.22. The molecule has 0 saturated carbocycles. The van der Waals surface area contributed by atoms with Crippen LogP contribution in [0, 0.1) is 11.6 Å². The third-order valence-corrected chi connectivity index (χ3v) is 9.10. The van der Waals surface area contributed by atoms with Crippen LogP contribution in [-0.4, -0.2) is 78.0 Å². The summed E-state index contributed by atoms with van der Waals surface area (Å²) in [4.78, 5) is 63.0. The fourth-order valence-electron chi connectivity index (χ4n) is 6.37. The van der Waals surface area contributed by atoms with E-state index in [0.717, 1.165) is 17.7 Å². The largest absolute Gasteiger partial charge is 0.462 e. The minimum atomic E-state index is -0.954. The Bertz CT molecular complexity index is 2570. The van der Waals surface area contributed by atoms with E-state index < -0.39 is 47.2 Å². The number of esters is 1. The van der Waals surface area contributed by atoms with Crippen LogP contribution in [0.15, 0.2) is 95.1 Å². The lowest BCUT2D eigenvalue weighted by molar-refractivity contribution is -0.122. The molecule has 20 heteroatoms. The molecule has 6 aromatic rings. The molecule has 0 saturated heterocycles. The Morgan fingerprint density at radius 2 is 1.70 bits per heavy atom. The van der Waals surface area contributed by atoms with Crippen molar-refractivity contribution in [3.8, 4) is 11.3 Å². The van der Waals surface area contributed by atoms with Gasteiger partial charge in [-0.3, -0.25) is 19.2 Å². The van der Waals surface area contributed by atoms with Gasteiger partial charge in [-0.25, -0.2) is 27.8 Å². The molecule has 0 unspecified atom stereocenters. The molecule has 60 heavy (non-hydrogen) atoms. The van der Waals surface area contributed by atoms with Gasteiger partial charge in [0.1, 0.15) is 22.9 Å². The number of nitrogens with zero attached hydrogens (tertiary/aromatic N) is 10. The highest BCUT2D eigenvalue weighted by atomic mass is 19.1. The van der Waals surface area contributed by atoms with E-state index in [1.165, 1.54) is 25.9 Å². The molecule has 310 valence electrons. The number of fused-ring (bicyclic) bond motifs is 1. The second-order valence-electron chi connectivity index (χ2n) is 13.3. The summed E-state index contributed by atoms with van der Waals surface area (Å²) in [5.74, 6) is -3.09. The molecule has 0 aliphatic heterocycles. The van der Waals surface area contributed by atoms with Crippen LogP contribution < -0.4 is 21.5 Å². The van der Waals surface area contributed by atoms with Gasteiger partial charge in [-0.1, -0.05) is 58.9 Å². The van der Waals surface area contributed by atoms with E-state index in [9.17, 15) is 19.2 Å². The average Bonchev–Trinajstić information content (AvgIpc) is 3.85. The van der Waals surface area contributed by atoms with Crippen LogP contribution in [0.5, 0.6) is 0 Å². The molecule has 0 fully saturated rings. The third-order valence-electron chi connectivity index (χ3n) is 9.10. The van der Waals surface area contributed by atoms with Crippen molar-refractivity contribution in [2.24, 2.45) is 5.11 Å². The summed E-state index contributed by atoms with van der Waals surface area (Å²) >= 11 is 0. The molecule has 3 aromatic heterocycles. The van der Waals surface area contributed by atoms with Crippen LogP contribution in [0.1, 0.15) is 46.7 Å². The SMILES string of the molecule is CCNC(=O)Nc1ccc(-c2nc3n(Cc4c(F)cccc4F)cc(C(=O)OCC)c(=O)n3c2CN(CC(=O)NCc2cn(CCN=[N+]=[N-])nn2)Cc2ccccc2)cc1. The Hall–Kier alpha value is -7.44. The van der Waals surface area contributed by atoms with Crippen LogP contribution in [0.25, 0.3) is 27.5 Å². The summed E-state index contributed by atoms with van der Waals surface area (Å²) < 4.78 is 39.5. The summed E-state index contributed by atoms with van der Waals surface area (Å²) in [6, 6.07) is 19.0. The highest BCUT2D eigenvalue weighted by Crippen LogP contribution is 2.28. The number of halogens is 2. The number of anilines is 1. The van der Waals surface area contributed by atoms with Crippen molar-refractivity contribution in [1.29, 1.82) is 0 Å². The monoisotopic (exact) mass is 821 g/mol. The first-order chi connectivity index (χ1) is 29.1. The number of ether oxygens (including phenoxy) is 1. The average molecular weight is 822 g/mol. The van der Waals surface area contributed by atoms with E-state index in [0.29, 0.717) is 30.0 Å². The number of carbonyl (C=O) groups is 3. The predicted molar refractivity (Wildman–Crippen MR) is 215 cm³/mol. The van der Waals surface area contributed by atoms with Crippen LogP contribution in [-0.2, 0) is 42.3 Å². The number of nitrogens with one attached hydrogen (secondary N) is 3. The van der Waals surface area contributed by atoms with Gasteiger partial charge in [0.05, 0.1) is 43.8 Å². The fraction of sp³-hybridized carbons (Fsp3) is 0.275. The highest BCUT2D eigenvalue weighted by molar-refractivity contribution is 5.90. The second-order valence-corrected chi connectivity index (χ2v) is 13.3. The molecule has 3 amide bonds. The smallest absolute Gasteiger partial charge is 0.345 e. The predicted octanol–water partition coefficient (Wildman–Crippen LogP) is 5.03. The second kappa shape index (κ2) is 19.8. The summed E-state index contributed by atoms with van der Waals surface area (Å²) in [7, 11) is 0. The number of hydrogen-bond acceptors (Lipinski definition) is 10. The number of rotatable bonds is 18. The van der Waals surface area contributed by atoms with Gasteiger partial charge in [-0.15, -0.1) is 5.10 Å². The first kappa shape index (κ1) is 42.2. The van der Waals surface area contributed by atoms with Crippen LogP contribution in [0.2, 0.25) is 0 Å². The van der Waals surface area contributed by atoms with E-state index >= 15 is 8.78 Å². The molecular weight excluding hydrogens is 781 g/mol. The molecule has 6 rings (SSSR count). The number of imidazole rings is 1. The Balaban J connectivity index is 1.45. The van der Waals surface area contributed by atoms with Crippen LogP contribution in [0.3, 0.4) is 0 Å². The van der Waals surface area contributed by atoms with Crippen molar-refractivity contribution in [3.63, 3.8) is 0 Å². The highest BCUT2D eigenvalue weighted by Gasteiger charge is 2.27. The van der Waals surface area contributed by atoms with Gasteiger partial charge in [0, 0.05) is 60.6 Å². The van der Waals surface area contributed by atoms with E-state index in [4.69, 9.17) is 15.3 Å². The van der Waals surface area contributed by atoms with Crippen molar-refractivity contribution in [1.82, 2.24) is 44.5 Å².